The fourth-order valence-electron chi connectivity index (χ4n) is 3.06. The van der Waals surface area contributed by atoms with E-state index in [0.717, 1.165) is 25.7 Å². The molecule has 0 aromatic heterocycles. The fraction of sp³-hybridized carbons (Fsp3) is 0.923. The Hall–Kier alpha value is -0.610. The van der Waals surface area contributed by atoms with Crippen LogP contribution in [0.15, 0.2) is 0 Å². The molecule has 0 spiro atoms. The molecule has 2 aliphatic heterocycles. The molecule has 0 unspecified atom stereocenters. The van der Waals surface area contributed by atoms with Crippen LogP contribution < -0.4 is 5.73 Å². The van der Waals surface area contributed by atoms with Crippen molar-refractivity contribution in [3.63, 3.8) is 0 Å². The van der Waals surface area contributed by atoms with Gasteiger partial charge in [0, 0.05) is 19.0 Å². The molecule has 0 radical (unpaired) electrons. The molecule has 2 N–H and O–H groups in total. The number of piperidine rings is 2. The van der Waals surface area contributed by atoms with Gasteiger partial charge in [0.1, 0.15) is 0 Å². The van der Waals surface area contributed by atoms with Crippen molar-refractivity contribution in [2.24, 2.45) is 5.73 Å². The number of nitrogens with two attached hydrogens (primary N) is 1. The molecule has 0 atom stereocenters. The van der Waals surface area contributed by atoms with Gasteiger partial charge in [0.15, 0.2) is 0 Å². The van der Waals surface area contributed by atoms with Gasteiger partial charge in [-0.25, -0.2) is 0 Å². The van der Waals surface area contributed by atoms with Crippen LogP contribution in [-0.2, 0) is 4.79 Å². The zero-order valence-electron chi connectivity index (χ0n) is 10.7. The normalized spacial score (nSPS) is 24.9. The number of amides is 1. The molecule has 2 heterocycles. The van der Waals surface area contributed by atoms with Crippen LogP contribution in [0.3, 0.4) is 0 Å². The minimum absolute atomic E-state index is 0.178. The predicted octanol–water partition coefficient (Wildman–Crippen LogP) is 0.812. The highest BCUT2D eigenvalue weighted by atomic mass is 16.1. The zero-order chi connectivity index (χ0) is 12.1. The number of carbonyl (C=O) groups excluding carboxylic acids is 1. The Morgan fingerprint density at radius 1 is 1.06 bits per heavy atom. The van der Waals surface area contributed by atoms with Crippen LogP contribution in [0, 0.1) is 0 Å². The number of nitrogens with zero attached hydrogens (tertiary/aromatic N) is 2. The summed E-state index contributed by atoms with van der Waals surface area (Å²) in [4.78, 5) is 15.8. The van der Waals surface area contributed by atoms with Gasteiger partial charge >= 0.3 is 0 Å². The average molecular weight is 239 g/mol. The molecule has 2 saturated heterocycles. The zero-order valence-corrected chi connectivity index (χ0v) is 10.7. The van der Waals surface area contributed by atoms with Crippen molar-refractivity contribution in [2.75, 3.05) is 32.7 Å². The highest BCUT2D eigenvalue weighted by molar-refractivity contribution is 5.73. The number of carbonyl (C=O) groups is 1. The van der Waals surface area contributed by atoms with E-state index < -0.39 is 0 Å². The molecule has 98 valence electrons. The molecule has 0 saturated carbocycles. The molecule has 1 amide bonds. The standard InChI is InChI=1S/C13H25N3O/c14-13(17)6-11-15-9-4-12(5-10-15)16-7-2-1-3-8-16/h12H,1-11H2,(H2,14,17). The molecule has 17 heavy (non-hydrogen) atoms. The van der Waals surface area contributed by atoms with E-state index in [1.165, 1.54) is 45.2 Å². The summed E-state index contributed by atoms with van der Waals surface area (Å²) in [7, 11) is 0. The van der Waals surface area contributed by atoms with Crippen LogP contribution in [0.5, 0.6) is 0 Å². The van der Waals surface area contributed by atoms with E-state index in [2.05, 4.69) is 9.80 Å². The van der Waals surface area contributed by atoms with Crippen molar-refractivity contribution in [3.05, 3.63) is 0 Å². The SMILES string of the molecule is NC(=O)CCN1CCC(N2CCCCC2)CC1. The van der Waals surface area contributed by atoms with Crippen molar-refractivity contribution in [1.82, 2.24) is 9.80 Å². The van der Waals surface area contributed by atoms with E-state index in [0.29, 0.717) is 6.42 Å². The maximum absolute atomic E-state index is 10.7. The third-order valence-corrected chi connectivity index (χ3v) is 4.14. The largest absolute Gasteiger partial charge is 0.370 e. The van der Waals surface area contributed by atoms with Crippen LogP contribution in [0.1, 0.15) is 38.5 Å². The summed E-state index contributed by atoms with van der Waals surface area (Å²) in [5, 5.41) is 0. The summed E-state index contributed by atoms with van der Waals surface area (Å²) >= 11 is 0. The second-order valence-electron chi connectivity index (χ2n) is 5.39. The summed E-state index contributed by atoms with van der Waals surface area (Å²) in [6.45, 7) is 5.71. The highest BCUT2D eigenvalue weighted by Gasteiger charge is 2.25. The molecule has 2 rings (SSSR count). The number of hydrogen-bond acceptors (Lipinski definition) is 3. The van der Waals surface area contributed by atoms with Crippen molar-refractivity contribution in [3.8, 4) is 0 Å². The van der Waals surface area contributed by atoms with E-state index >= 15 is 0 Å². The van der Waals surface area contributed by atoms with E-state index in [-0.39, 0.29) is 5.91 Å². The monoisotopic (exact) mass is 239 g/mol. The van der Waals surface area contributed by atoms with E-state index in [1.807, 2.05) is 0 Å². The summed E-state index contributed by atoms with van der Waals surface area (Å²) in [5.41, 5.74) is 5.18. The molecule has 2 fully saturated rings. The Morgan fingerprint density at radius 2 is 1.71 bits per heavy atom. The summed E-state index contributed by atoms with van der Waals surface area (Å²) < 4.78 is 0. The summed E-state index contributed by atoms with van der Waals surface area (Å²) in [5.74, 6) is -0.178. The van der Waals surface area contributed by atoms with Crippen molar-refractivity contribution in [2.45, 2.75) is 44.6 Å². The third kappa shape index (κ3) is 3.96. The van der Waals surface area contributed by atoms with Crippen LogP contribution in [0.25, 0.3) is 0 Å². The minimum atomic E-state index is -0.178. The van der Waals surface area contributed by atoms with E-state index in [4.69, 9.17) is 5.73 Å². The first-order valence-corrected chi connectivity index (χ1v) is 7.00. The molecule has 0 aliphatic carbocycles. The Labute approximate surface area is 104 Å². The number of likely N-dealkylation sites (tertiary alicyclic amines) is 2. The summed E-state index contributed by atoms with van der Waals surface area (Å²) in [6.07, 6.45) is 7.20. The quantitative estimate of drug-likeness (QED) is 0.790. The topological polar surface area (TPSA) is 49.6 Å². The second-order valence-corrected chi connectivity index (χ2v) is 5.39. The lowest BCUT2D eigenvalue weighted by molar-refractivity contribution is -0.118. The Kier molecular flexibility index (Phi) is 4.80. The molecule has 4 heteroatoms. The van der Waals surface area contributed by atoms with Crippen LogP contribution >= 0.6 is 0 Å². The fourth-order valence-corrected chi connectivity index (χ4v) is 3.06. The van der Waals surface area contributed by atoms with Crippen molar-refractivity contribution < 1.29 is 4.79 Å². The molecule has 0 aromatic carbocycles. The summed E-state index contributed by atoms with van der Waals surface area (Å²) in [6, 6.07) is 0.792. The molecular weight excluding hydrogens is 214 g/mol. The smallest absolute Gasteiger partial charge is 0.218 e. The van der Waals surface area contributed by atoms with Gasteiger partial charge in [-0.05, 0) is 51.9 Å². The number of rotatable bonds is 4. The highest BCUT2D eigenvalue weighted by Crippen LogP contribution is 2.20. The maximum Gasteiger partial charge on any atom is 0.218 e. The first-order chi connectivity index (χ1) is 8.25. The first kappa shape index (κ1) is 12.8. The molecule has 4 nitrogen and oxygen atoms in total. The lowest BCUT2D eigenvalue weighted by Crippen LogP contribution is -2.47. The van der Waals surface area contributed by atoms with Gasteiger partial charge in [-0.3, -0.25) is 4.79 Å². The second kappa shape index (κ2) is 6.36. The van der Waals surface area contributed by atoms with Crippen molar-refractivity contribution in [1.29, 1.82) is 0 Å². The van der Waals surface area contributed by atoms with Gasteiger partial charge in [-0.2, -0.15) is 0 Å². The predicted molar refractivity (Wildman–Crippen MR) is 68.7 cm³/mol. The van der Waals surface area contributed by atoms with Crippen LogP contribution in [0.2, 0.25) is 0 Å². The maximum atomic E-state index is 10.7. The lowest BCUT2D eigenvalue weighted by Gasteiger charge is -2.40. The number of hydrogen-bond donors (Lipinski definition) is 1. The van der Waals surface area contributed by atoms with E-state index in [1.54, 1.807) is 0 Å². The molecule has 0 aromatic rings. The van der Waals surface area contributed by atoms with Gasteiger partial charge in [0.2, 0.25) is 5.91 Å². The minimum Gasteiger partial charge on any atom is -0.370 e. The van der Waals surface area contributed by atoms with Gasteiger partial charge < -0.3 is 15.5 Å². The Balaban J connectivity index is 1.68. The average Bonchev–Trinajstić information content (AvgIpc) is 2.38. The third-order valence-electron chi connectivity index (χ3n) is 4.14. The van der Waals surface area contributed by atoms with Gasteiger partial charge in [-0.15, -0.1) is 0 Å². The van der Waals surface area contributed by atoms with Crippen molar-refractivity contribution >= 4 is 5.91 Å². The molecule has 0 bridgehead atoms. The van der Waals surface area contributed by atoms with Crippen LogP contribution in [0.4, 0.5) is 0 Å². The lowest BCUT2D eigenvalue weighted by atomic mass is 10.00. The van der Waals surface area contributed by atoms with Gasteiger partial charge in [0.05, 0.1) is 0 Å². The van der Waals surface area contributed by atoms with Crippen LogP contribution in [-0.4, -0.2) is 54.5 Å². The Bertz CT molecular complexity index is 243. The number of primary amides is 1. The first-order valence-electron chi connectivity index (χ1n) is 7.00. The molecule has 2 aliphatic rings. The Morgan fingerprint density at radius 3 is 2.29 bits per heavy atom. The molecular formula is C13H25N3O. The van der Waals surface area contributed by atoms with E-state index in [9.17, 15) is 4.79 Å². The van der Waals surface area contributed by atoms with Gasteiger partial charge in [0.25, 0.3) is 0 Å². The van der Waals surface area contributed by atoms with Gasteiger partial charge in [-0.1, -0.05) is 6.42 Å².